The maximum atomic E-state index is 10.5. The van der Waals surface area contributed by atoms with Gasteiger partial charge in [-0.2, -0.15) is 7.11 Å². The van der Waals surface area contributed by atoms with Crippen LogP contribution in [0.5, 0.6) is 0 Å². The van der Waals surface area contributed by atoms with E-state index >= 15 is 0 Å². The Morgan fingerprint density at radius 1 is 1.44 bits per heavy atom. The van der Waals surface area contributed by atoms with Crippen molar-refractivity contribution in [2.24, 2.45) is 5.41 Å². The van der Waals surface area contributed by atoms with E-state index in [0.717, 1.165) is 0 Å². The molecule has 9 heavy (non-hydrogen) atoms. The summed E-state index contributed by atoms with van der Waals surface area (Å²) in [7, 11) is 3.00. The SMILES string of the molecule is [CH2-]OC(=O)C(C)(C)C.[Zn]. The number of hydrogen-bond acceptors (Lipinski definition) is 2. The summed E-state index contributed by atoms with van der Waals surface area (Å²) in [4.78, 5) is 10.5. The molecule has 0 bridgehead atoms. The van der Waals surface area contributed by atoms with E-state index in [1.165, 1.54) is 0 Å². The molecule has 0 aromatic carbocycles. The summed E-state index contributed by atoms with van der Waals surface area (Å²) in [5.74, 6) is -0.280. The van der Waals surface area contributed by atoms with Crippen LogP contribution in [0.3, 0.4) is 0 Å². The average Bonchev–Trinajstić information content (AvgIpc) is 1.62. The molecule has 0 aliphatic rings. The van der Waals surface area contributed by atoms with Crippen LogP contribution in [0.1, 0.15) is 20.8 Å². The summed E-state index contributed by atoms with van der Waals surface area (Å²) in [5, 5.41) is 0. The van der Waals surface area contributed by atoms with E-state index in [1.807, 2.05) is 0 Å². The van der Waals surface area contributed by atoms with Crippen molar-refractivity contribution < 1.29 is 29.0 Å². The van der Waals surface area contributed by atoms with Gasteiger partial charge < -0.3 is 4.74 Å². The third-order valence-corrected chi connectivity index (χ3v) is 0.743. The molecule has 0 fully saturated rings. The van der Waals surface area contributed by atoms with Gasteiger partial charge in [-0.3, -0.25) is 4.79 Å². The first-order valence-corrected chi connectivity index (χ1v) is 2.45. The fourth-order valence-corrected chi connectivity index (χ4v) is 0.217. The zero-order chi connectivity index (χ0) is 6.78. The molecule has 0 amide bonds. The van der Waals surface area contributed by atoms with Crippen LogP contribution in [-0.4, -0.2) is 5.97 Å². The standard InChI is InChI=1S/C6H11O2.Zn/c1-6(2,3)5(7)8-4;/h4H2,1-3H3;/q-1;. The van der Waals surface area contributed by atoms with Gasteiger partial charge in [0.05, 0.1) is 5.41 Å². The van der Waals surface area contributed by atoms with E-state index in [9.17, 15) is 4.79 Å². The minimum atomic E-state index is -0.415. The Morgan fingerprint density at radius 2 is 1.78 bits per heavy atom. The Kier molecular flexibility index (Phi) is 5.26. The van der Waals surface area contributed by atoms with Crippen LogP contribution in [0.25, 0.3) is 0 Å². The molecular weight excluding hydrogens is 169 g/mol. The van der Waals surface area contributed by atoms with Crippen LogP contribution in [0, 0.1) is 12.5 Å². The minimum absolute atomic E-state index is 0. The minimum Gasteiger partial charge on any atom is -0.640 e. The molecule has 0 rings (SSSR count). The molecule has 50 valence electrons. The largest absolute Gasteiger partial charge is 0.640 e. The van der Waals surface area contributed by atoms with Gasteiger partial charge in [-0.15, -0.1) is 0 Å². The van der Waals surface area contributed by atoms with Crippen molar-refractivity contribution in [1.29, 1.82) is 0 Å². The predicted molar refractivity (Wildman–Crippen MR) is 30.9 cm³/mol. The quantitative estimate of drug-likeness (QED) is 0.320. The van der Waals surface area contributed by atoms with E-state index in [1.54, 1.807) is 20.8 Å². The first-order chi connectivity index (χ1) is 3.48. The summed E-state index contributed by atoms with van der Waals surface area (Å²) < 4.78 is 4.23. The van der Waals surface area contributed by atoms with Gasteiger partial charge in [0.1, 0.15) is 0 Å². The molecule has 0 aromatic heterocycles. The van der Waals surface area contributed by atoms with Crippen LogP contribution in [-0.2, 0) is 29.0 Å². The monoisotopic (exact) mass is 179 g/mol. The molecule has 0 unspecified atom stereocenters. The summed E-state index contributed by atoms with van der Waals surface area (Å²) in [6.45, 7) is 5.33. The van der Waals surface area contributed by atoms with Crippen molar-refractivity contribution in [2.45, 2.75) is 20.8 Å². The zero-order valence-corrected chi connectivity index (χ0v) is 9.20. The molecule has 0 aromatic rings. The van der Waals surface area contributed by atoms with E-state index in [4.69, 9.17) is 0 Å². The second-order valence-electron chi connectivity index (χ2n) is 2.68. The zero-order valence-electron chi connectivity index (χ0n) is 6.23. The number of ether oxygens (including phenoxy) is 1. The average molecular weight is 181 g/mol. The number of carbonyl (C=O) groups is 1. The van der Waals surface area contributed by atoms with Gasteiger partial charge in [-0.05, 0) is 20.8 Å². The fourth-order valence-electron chi connectivity index (χ4n) is 0.217. The van der Waals surface area contributed by atoms with Crippen molar-refractivity contribution in [3.63, 3.8) is 0 Å². The van der Waals surface area contributed by atoms with Crippen molar-refractivity contribution in [3.8, 4) is 0 Å². The van der Waals surface area contributed by atoms with Gasteiger partial charge in [0.25, 0.3) is 5.97 Å². The summed E-state index contributed by atoms with van der Waals surface area (Å²) in [5.41, 5.74) is -0.415. The maximum absolute atomic E-state index is 10.5. The number of hydrogen-bond donors (Lipinski definition) is 0. The first-order valence-electron chi connectivity index (χ1n) is 2.45. The molecule has 0 radical (unpaired) electrons. The second-order valence-corrected chi connectivity index (χ2v) is 2.68. The molecule has 3 heteroatoms. The molecular formula is C6H11O2Zn-. The Labute approximate surface area is 68.7 Å². The Balaban J connectivity index is 0. The summed E-state index contributed by atoms with van der Waals surface area (Å²) in [6, 6.07) is 0. The van der Waals surface area contributed by atoms with Crippen molar-refractivity contribution in [1.82, 2.24) is 0 Å². The van der Waals surface area contributed by atoms with E-state index < -0.39 is 5.41 Å². The molecule has 0 spiro atoms. The van der Waals surface area contributed by atoms with Gasteiger partial charge in [-0.1, -0.05) is 0 Å². The van der Waals surface area contributed by atoms with Crippen LogP contribution in [0.2, 0.25) is 0 Å². The predicted octanol–water partition coefficient (Wildman–Crippen LogP) is 1.36. The molecule has 0 saturated carbocycles. The molecule has 0 N–H and O–H groups in total. The van der Waals surface area contributed by atoms with Crippen molar-refractivity contribution >= 4 is 5.97 Å². The fraction of sp³-hybridized carbons (Fsp3) is 0.667. The second kappa shape index (κ2) is 4.00. The Bertz CT molecular complexity index is 93.7. The molecule has 2 nitrogen and oxygen atoms in total. The van der Waals surface area contributed by atoms with Gasteiger partial charge in [0.2, 0.25) is 0 Å². The smallest absolute Gasteiger partial charge is 0.279 e. The van der Waals surface area contributed by atoms with Crippen LogP contribution < -0.4 is 0 Å². The first kappa shape index (κ1) is 11.8. The van der Waals surface area contributed by atoms with Crippen LogP contribution in [0.4, 0.5) is 0 Å². The third kappa shape index (κ3) is 4.59. The summed E-state index contributed by atoms with van der Waals surface area (Å²) in [6.07, 6.45) is 0. The number of rotatable bonds is 0. The van der Waals surface area contributed by atoms with Gasteiger partial charge in [-0.25, -0.2) is 0 Å². The molecule has 0 aliphatic heterocycles. The topological polar surface area (TPSA) is 26.3 Å². The number of esters is 1. The molecule has 0 heterocycles. The Hall–Kier alpha value is 0.0934. The van der Waals surface area contributed by atoms with Crippen molar-refractivity contribution in [3.05, 3.63) is 7.11 Å². The van der Waals surface area contributed by atoms with Crippen LogP contribution >= 0.6 is 0 Å². The normalized spacial score (nSPS) is 9.78. The molecule has 0 atom stereocenters. The third-order valence-electron chi connectivity index (χ3n) is 0.743. The van der Waals surface area contributed by atoms with Gasteiger partial charge >= 0.3 is 0 Å². The Morgan fingerprint density at radius 3 is 1.78 bits per heavy atom. The summed E-state index contributed by atoms with van der Waals surface area (Å²) >= 11 is 0. The van der Waals surface area contributed by atoms with Crippen LogP contribution in [0.15, 0.2) is 0 Å². The number of carbonyl (C=O) groups excluding carboxylic acids is 1. The van der Waals surface area contributed by atoms with E-state index in [2.05, 4.69) is 11.8 Å². The van der Waals surface area contributed by atoms with Gasteiger partial charge in [0, 0.05) is 19.5 Å². The van der Waals surface area contributed by atoms with Crippen molar-refractivity contribution in [2.75, 3.05) is 0 Å². The van der Waals surface area contributed by atoms with Gasteiger partial charge in [0.15, 0.2) is 0 Å². The van der Waals surface area contributed by atoms with E-state index in [0.29, 0.717) is 0 Å². The van der Waals surface area contributed by atoms with E-state index in [-0.39, 0.29) is 25.4 Å². The maximum Gasteiger partial charge on any atom is 0.279 e. The molecule has 0 aliphatic carbocycles. The molecule has 0 saturated heterocycles.